The number of nitrogens with one attached hydrogen (secondary N) is 1. The van der Waals surface area contributed by atoms with Crippen LogP contribution in [0.4, 0.5) is 0 Å². The van der Waals surface area contributed by atoms with Gasteiger partial charge in [0.1, 0.15) is 0 Å². The molecular formula is C20H23NO3. The van der Waals surface area contributed by atoms with Gasteiger partial charge in [0, 0.05) is 28.3 Å². The highest BCUT2D eigenvalue weighted by atomic mass is 16.5. The first-order valence-electron chi connectivity index (χ1n) is 8.25. The summed E-state index contributed by atoms with van der Waals surface area (Å²) in [5.74, 6) is -0.655. The average molecular weight is 325 g/mol. The molecule has 0 radical (unpaired) electrons. The summed E-state index contributed by atoms with van der Waals surface area (Å²) in [6.45, 7) is 5.82. The number of dihydropyridines is 1. The Kier molecular flexibility index (Phi) is 4.08. The normalized spacial score (nSPS) is 22.8. The van der Waals surface area contributed by atoms with Gasteiger partial charge >= 0.3 is 5.97 Å². The van der Waals surface area contributed by atoms with Crippen LogP contribution in [0.1, 0.15) is 45.1 Å². The molecule has 1 atom stereocenters. The zero-order valence-corrected chi connectivity index (χ0v) is 14.6. The summed E-state index contributed by atoms with van der Waals surface area (Å²) < 4.78 is 5.01. The maximum Gasteiger partial charge on any atom is 0.336 e. The molecule has 4 heteroatoms. The monoisotopic (exact) mass is 325 g/mol. The number of ketones is 1. The molecule has 0 bridgehead atoms. The molecule has 0 fully saturated rings. The summed E-state index contributed by atoms with van der Waals surface area (Å²) in [5, 5.41) is 3.29. The van der Waals surface area contributed by atoms with E-state index in [1.165, 1.54) is 7.11 Å². The Morgan fingerprint density at radius 2 is 1.92 bits per heavy atom. The van der Waals surface area contributed by atoms with Crippen LogP contribution in [0.3, 0.4) is 0 Å². The van der Waals surface area contributed by atoms with Crippen molar-refractivity contribution in [1.82, 2.24) is 5.32 Å². The SMILES string of the molecule is COC(=O)C1=C(C)NC2=C(C(=O)C(C)(C)CC2)C1c1ccccc1. The van der Waals surface area contributed by atoms with Gasteiger partial charge in [0.25, 0.3) is 0 Å². The molecule has 0 aromatic heterocycles. The molecule has 1 N–H and O–H groups in total. The first-order valence-corrected chi connectivity index (χ1v) is 8.25. The van der Waals surface area contributed by atoms with Crippen LogP contribution in [0.2, 0.25) is 0 Å². The Hall–Kier alpha value is -2.36. The van der Waals surface area contributed by atoms with Crippen LogP contribution in [-0.2, 0) is 14.3 Å². The van der Waals surface area contributed by atoms with Crippen molar-refractivity contribution in [3.63, 3.8) is 0 Å². The highest BCUT2D eigenvalue weighted by molar-refractivity contribution is 6.06. The Balaban J connectivity index is 2.21. The number of ether oxygens (including phenoxy) is 1. The Labute approximate surface area is 142 Å². The minimum atomic E-state index is -0.417. The van der Waals surface area contributed by atoms with E-state index >= 15 is 0 Å². The third kappa shape index (κ3) is 2.56. The van der Waals surface area contributed by atoms with Crippen LogP contribution in [0.25, 0.3) is 0 Å². The summed E-state index contributed by atoms with van der Waals surface area (Å²) >= 11 is 0. The van der Waals surface area contributed by atoms with E-state index in [0.29, 0.717) is 11.1 Å². The summed E-state index contributed by atoms with van der Waals surface area (Å²) in [7, 11) is 1.38. The maximum atomic E-state index is 13.2. The van der Waals surface area contributed by atoms with Gasteiger partial charge in [-0.3, -0.25) is 4.79 Å². The van der Waals surface area contributed by atoms with Crippen LogP contribution >= 0.6 is 0 Å². The summed E-state index contributed by atoms with van der Waals surface area (Å²) in [5.41, 5.74) is 3.47. The Morgan fingerprint density at radius 3 is 2.54 bits per heavy atom. The standard InChI is InChI=1S/C20H23NO3/c1-12-15(19(23)24-4)16(13-8-6-5-7-9-13)17-14(21-12)10-11-20(2,3)18(17)22/h5-9,16,21H,10-11H2,1-4H3. The van der Waals surface area contributed by atoms with Crippen LogP contribution in [0.5, 0.6) is 0 Å². The molecule has 1 aromatic carbocycles. The molecule has 0 saturated carbocycles. The van der Waals surface area contributed by atoms with Gasteiger partial charge in [0.05, 0.1) is 12.7 Å². The van der Waals surface area contributed by atoms with Crippen molar-refractivity contribution >= 4 is 11.8 Å². The van der Waals surface area contributed by atoms with Gasteiger partial charge in [-0.1, -0.05) is 44.2 Å². The number of Topliss-reactive ketones (excluding diaryl/α,β-unsaturated/α-hetero) is 1. The molecule has 1 aromatic rings. The molecular weight excluding hydrogens is 302 g/mol. The summed E-state index contributed by atoms with van der Waals surface area (Å²) in [6, 6.07) is 9.72. The van der Waals surface area contributed by atoms with Gasteiger partial charge in [0.15, 0.2) is 5.78 Å². The van der Waals surface area contributed by atoms with Gasteiger partial charge in [0.2, 0.25) is 0 Å². The van der Waals surface area contributed by atoms with Crippen molar-refractivity contribution in [3.05, 3.63) is 58.4 Å². The second-order valence-electron chi connectivity index (χ2n) is 7.10. The third-order valence-corrected chi connectivity index (χ3v) is 5.04. The van der Waals surface area contributed by atoms with Crippen molar-refractivity contribution < 1.29 is 14.3 Å². The number of benzene rings is 1. The number of allylic oxidation sites excluding steroid dienone is 3. The molecule has 0 spiro atoms. The lowest BCUT2D eigenvalue weighted by atomic mass is 9.67. The topological polar surface area (TPSA) is 55.4 Å². The van der Waals surface area contributed by atoms with E-state index in [0.717, 1.165) is 29.8 Å². The predicted molar refractivity (Wildman–Crippen MR) is 92.1 cm³/mol. The molecule has 1 unspecified atom stereocenters. The van der Waals surface area contributed by atoms with Gasteiger partial charge in [-0.2, -0.15) is 0 Å². The van der Waals surface area contributed by atoms with Crippen LogP contribution in [0, 0.1) is 5.41 Å². The van der Waals surface area contributed by atoms with Crippen molar-refractivity contribution in [3.8, 4) is 0 Å². The lowest BCUT2D eigenvalue weighted by Gasteiger charge is -2.39. The lowest BCUT2D eigenvalue weighted by molar-refractivity contribution is -0.136. The Morgan fingerprint density at radius 1 is 1.25 bits per heavy atom. The molecule has 1 heterocycles. The second kappa shape index (κ2) is 5.93. The van der Waals surface area contributed by atoms with Gasteiger partial charge in [-0.05, 0) is 25.3 Å². The summed E-state index contributed by atoms with van der Waals surface area (Å²) in [6.07, 6.45) is 1.61. The molecule has 126 valence electrons. The van der Waals surface area contributed by atoms with E-state index in [1.807, 2.05) is 51.1 Å². The van der Waals surface area contributed by atoms with Crippen LogP contribution in [0.15, 0.2) is 52.9 Å². The fourth-order valence-electron chi connectivity index (χ4n) is 3.64. The highest BCUT2D eigenvalue weighted by Gasteiger charge is 2.44. The van der Waals surface area contributed by atoms with Crippen LogP contribution in [-0.4, -0.2) is 18.9 Å². The van der Waals surface area contributed by atoms with E-state index in [9.17, 15) is 9.59 Å². The zero-order chi connectivity index (χ0) is 17.5. The zero-order valence-electron chi connectivity index (χ0n) is 14.6. The second-order valence-corrected chi connectivity index (χ2v) is 7.10. The smallest absolute Gasteiger partial charge is 0.336 e. The predicted octanol–water partition coefficient (Wildman–Crippen LogP) is 3.46. The number of esters is 1. The van der Waals surface area contributed by atoms with Gasteiger partial charge in [-0.25, -0.2) is 4.79 Å². The quantitative estimate of drug-likeness (QED) is 0.846. The summed E-state index contributed by atoms with van der Waals surface area (Å²) in [4.78, 5) is 25.6. The van der Waals surface area contributed by atoms with E-state index in [1.54, 1.807) is 0 Å². The van der Waals surface area contributed by atoms with Crippen molar-refractivity contribution in [2.45, 2.75) is 39.5 Å². The first kappa shape index (κ1) is 16.5. The van der Waals surface area contributed by atoms with Crippen molar-refractivity contribution in [2.24, 2.45) is 5.41 Å². The Bertz CT molecular complexity index is 756. The van der Waals surface area contributed by atoms with E-state index < -0.39 is 11.4 Å². The molecule has 24 heavy (non-hydrogen) atoms. The molecule has 0 amide bonds. The van der Waals surface area contributed by atoms with E-state index in [2.05, 4.69) is 5.32 Å². The van der Waals surface area contributed by atoms with E-state index in [-0.39, 0.29) is 11.7 Å². The third-order valence-electron chi connectivity index (χ3n) is 5.04. The number of rotatable bonds is 2. The maximum absolute atomic E-state index is 13.2. The lowest BCUT2D eigenvalue weighted by Crippen LogP contribution is -2.40. The van der Waals surface area contributed by atoms with E-state index in [4.69, 9.17) is 4.74 Å². The molecule has 3 rings (SSSR count). The number of carbonyl (C=O) groups excluding carboxylic acids is 2. The average Bonchev–Trinajstić information content (AvgIpc) is 2.57. The van der Waals surface area contributed by atoms with Gasteiger partial charge in [-0.15, -0.1) is 0 Å². The van der Waals surface area contributed by atoms with Gasteiger partial charge < -0.3 is 10.1 Å². The molecule has 4 nitrogen and oxygen atoms in total. The fourth-order valence-corrected chi connectivity index (χ4v) is 3.64. The number of methoxy groups -OCH3 is 1. The first-order chi connectivity index (χ1) is 11.4. The number of hydrogen-bond acceptors (Lipinski definition) is 4. The minimum absolute atomic E-state index is 0.110. The van der Waals surface area contributed by atoms with Crippen molar-refractivity contribution in [1.29, 1.82) is 0 Å². The number of hydrogen-bond donors (Lipinski definition) is 1. The van der Waals surface area contributed by atoms with Crippen LogP contribution < -0.4 is 5.32 Å². The number of carbonyl (C=O) groups is 2. The molecule has 1 aliphatic carbocycles. The minimum Gasteiger partial charge on any atom is -0.466 e. The highest BCUT2D eigenvalue weighted by Crippen LogP contribution is 2.46. The molecule has 1 aliphatic heterocycles. The molecule has 2 aliphatic rings. The largest absolute Gasteiger partial charge is 0.466 e. The fraction of sp³-hybridized carbons (Fsp3) is 0.400. The van der Waals surface area contributed by atoms with Crippen molar-refractivity contribution in [2.75, 3.05) is 7.11 Å². The molecule has 0 saturated heterocycles.